The van der Waals surface area contributed by atoms with Crippen LogP contribution in [0.2, 0.25) is 0 Å². The molecule has 2 N–H and O–H groups in total. The SMILES string of the molecule is OC1(O)CCSN1C1=CCCC=C1. The Bertz CT molecular complexity index is 260. The van der Waals surface area contributed by atoms with Gasteiger partial charge in [-0.15, -0.1) is 0 Å². The second kappa shape index (κ2) is 3.36. The maximum Gasteiger partial charge on any atom is 0.257 e. The number of allylic oxidation sites excluding steroid dienone is 3. The Hall–Kier alpha value is -0.450. The summed E-state index contributed by atoms with van der Waals surface area (Å²) in [5, 5.41) is 19.2. The lowest BCUT2D eigenvalue weighted by atomic mass is 10.1. The third-order valence-electron chi connectivity index (χ3n) is 2.19. The second-order valence-electron chi connectivity index (χ2n) is 3.26. The molecule has 4 heteroatoms. The molecule has 1 heterocycles. The molecule has 72 valence electrons. The van der Waals surface area contributed by atoms with Crippen LogP contribution < -0.4 is 0 Å². The molecule has 1 fully saturated rings. The van der Waals surface area contributed by atoms with E-state index in [2.05, 4.69) is 6.08 Å². The molecule has 0 aromatic heterocycles. The molecule has 0 bridgehead atoms. The first-order valence-electron chi connectivity index (χ1n) is 4.45. The Morgan fingerprint density at radius 2 is 2.23 bits per heavy atom. The van der Waals surface area contributed by atoms with Crippen LogP contribution in [0, 0.1) is 0 Å². The van der Waals surface area contributed by atoms with Crippen molar-refractivity contribution in [1.29, 1.82) is 0 Å². The standard InChI is InChI=1S/C9H13NO2S/c11-9(12)6-7-13-10(9)8-4-2-1-3-5-8/h2,4-5,11-12H,1,3,6-7H2. The Morgan fingerprint density at radius 1 is 1.38 bits per heavy atom. The molecule has 1 aliphatic heterocycles. The summed E-state index contributed by atoms with van der Waals surface area (Å²) in [4.78, 5) is 0. The van der Waals surface area contributed by atoms with Gasteiger partial charge in [-0.05, 0) is 30.9 Å². The third-order valence-corrected chi connectivity index (χ3v) is 3.34. The molecule has 2 aliphatic rings. The highest BCUT2D eigenvalue weighted by Gasteiger charge is 2.38. The average Bonchev–Trinajstić information content (AvgIpc) is 2.47. The zero-order valence-electron chi connectivity index (χ0n) is 7.31. The van der Waals surface area contributed by atoms with Gasteiger partial charge in [0.1, 0.15) is 0 Å². The van der Waals surface area contributed by atoms with Gasteiger partial charge in [0, 0.05) is 17.9 Å². The van der Waals surface area contributed by atoms with Crippen LogP contribution in [0.1, 0.15) is 19.3 Å². The van der Waals surface area contributed by atoms with Crippen LogP contribution >= 0.6 is 11.9 Å². The predicted molar refractivity (Wildman–Crippen MR) is 52.5 cm³/mol. The first-order chi connectivity index (χ1) is 6.20. The van der Waals surface area contributed by atoms with Gasteiger partial charge in [-0.1, -0.05) is 12.2 Å². The van der Waals surface area contributed by atoms with Crippen molar-refractivity contribution in [3.8, 4) is 0 Å². The molecule has 13 heavy (non-hydrogen) atoms. The minimum atomic E-state index is -1.65. The maximum absolute atomic E-state index is 9.59. The molecular weight excluding hydrogens is 186 g/mol. The van der Waals surface area contributed by atoms with Crippen molar-refractivity contribution >= 4 is 11.9 Å². The van der Waals surface area contributed by atoms with Crippen molar-refractivity contribution in [3.05, 3.63) is 23.9 Å². The summed E-state index contributed by atoms with van der Waals surface area (Å²) < 4.78 is 1.59. The van der Waals surface area contributed by atoms with Gasteiger partial charge in [-0.25, -0.2) is 0 Å². The van der Waals surface area contributed by atoms with Gasteiger partial charge >= 0.3 is 0 Å². The van der Waals surface area contributed by atoms with Crippen LogP contribution in [-0.2, 0) is 0 Å². The van der Waals surface area contributed by atoms with Crippen molar-refractivity contribution < 1.29 is 10.2 Å². The van der Waals surface area contributed by atoms with Crippen LogP contribution in [0.5, 0.6) is 0 Å². The highest BCUT2D eigenvalue weighted by atomic mass is 32.2. The Balaban J connectivity index is 2.16. The van der Waals surface area contributed by atoms with Crippen molar-refractivity contribution in [2.24, 2.45) is 0 Å². The van der Waals surface area contributed by atoms with E-state index < -0.39 is 5.91 Å². The largest absolute Gasteiger partial charge is 0.348 e. The van der Waals surface area contributed by atoms with Gasteiger partial charge in [-0.2, -0.15) is 0 Å². The van der Waals surface area contributed by atoms with Gasteiger partial charge in [0.05, 0.1) is 0 Å². The van der Waals surface area contributed by atoms with Crippen molar-refractivity contribution in [2.45, 2.75) is 25.2 Å². The van der Waals surface area contributed by atoms with Gasteiger partial charge in [0.25, 0.3) is 5.91 Å². The molecule has 0 aromatic rings. The van der Waals surface area contributed by atoms with E-state index in [0.29, 0.717) is 6.42 Å². The second-order valence-corrected chi connectivity index (χ2v) is 4.29. The summed E-state index contributed by atoms with van der Waals surface area (Å²) in [5.74, 6) is -0.892. The maximum atomic E-state index is 9.59. The van der Waals surface area contributed by atoms with E-state index in [1.807, 2.05) is 12.2 Å². The average molecular weight is 199 g/mol. The van der Waals surface area contributed by atoms with Crippen LogP contribution in [0.25, 0.3) is 0 Å². The van der Waals surface area contributed by atoms with Crippen LogP contribution in [0.4, 0.5) is 0 Å². The fourth-order valence-corrected chi connectivity index (χ4v) is 2.64. The lowest BCUT2D eigenvalue weighted by Crippen LogP contribution is -2.39. The number of rotatable bonds is 1. The van der Waals surface area contributed by atoms with E-state index >= 15 is 0 Å². The van der Waals surface area contributed by atoms with Crippen LogP contribution in [0.15, 0.2) is 23.9 Å². The van der Waals surface area contributed by atoms with Gasteiger partial charge in [-0.3, -0.25) is 4.31 Å². The van der Waals surface area contributed by atoms with Gasteiger partial charge in [0.15, 0.2) is 0 Å². The van der Waals surface area contributed by atoms with E-state index in [4.69, 9.17) is 0 Å². The Kier molecular flexibility index (Phi) is 2.36. The molecular formula is C9H13NO2S. The minimum Gasteiger partial charge on any atom is -0.348 e. The highest BCUT2D eigenvalue weighted by Crippen LogP contribution is 2.37. The first-order valence-corrected chi connectivity index (χ1v) is 5.39. The van der Waals surface area contributed by atoms with E-state index in [0.717, 1.165) is 24.3 Å². The van der Waals surface area contributed by atoms with E-state index in [1.165, 1.54) is 11.9 Å². The number of hydrogen-bond acceptors (Lipinski definition) is 4. The van der Waals surface area contributed by atoms with Crippen molar-refractivity contribution in [3.63, 3.8) is 0 Å². The quantitative estimate of drug-likeness (QED) is 0.492. The summed E-state index contributed by atoms with van der Waals surface area (Å²) in [5.41, 5.74) is 0.916. The minimum absolute atomic E-state index is 0.406. The molecule has 0 saturated carbocycles. The zero-order chi connectivity index (χ0) is 9.31. The first kappa shape index (κ1) is 9.12. The lowest BCUT2D eigenvalue weighted by Gasteiger charge is -2.29. The predicted octanol–water partition coefficient (Wildman–Crippen LogP) is 1.21. The van der Waals surface area contributed by atoms with E-state index in [1.54, 1.807) is 4.31 Å². The monoisotopic (exact) mass is 199 g/mol. The van der Waals surface area contributed by atoms with Crippen LogP contribution in [-0.4, -0.2) is 26.2 Å². The third kappa shape index (κ3) is 1.75. The summed E-state index contributed by atoms with van der Waals surface area (Å²) in [6.45, 7) is 0. The van der Waals surface area contributed by atoms with Gasteiger partial charge in [0.2, 0.25) is 0 Å². The van der Waals surface area contributed by atoms with E-state index in [9.17, 15) is 10.2 Å². The Labute approximate surface area is 81.9 Å². The Morgan fingerprint density at radius 3 is 2.77 bits per heavy atom. The molecule has 0 radical (unpaired) electrons. The topological polar surface area (TPSA) is 43.7 Å². The molecule has 0 unspecified atom stereocenters. The molecule has 1 saturated heterocycles. The fourth-order valence-electron chi connectivity index (χ4n) is 1.51. The highest BCUT2D eigenvalue weighted by molar-refractivity contribution is 7.97. The number of hydrogen-bond donors (Lipinski definition) is 2. The normalized spacial score (nSPS) is 26.3. The molecule has 0 aromatic carbocycles. The van der Waals surface area contributed by atoms with E-state index in [-0.39, 0.29) is 0 Å². The molecule has 2 rings (SSSR count). The summed E-state index contributed by atoms with van der Waals surface area (Å²) >= 11 is 1.47. The smallest absolute Gasteiger partial charge is 0.257 e. The molecule has 0 amide bonds. The molecule has 0 atom stereocenters. The lowest BCUT2D eigenvalue weighted by molar-refractivity contribution is -0.213. The van der Waals surface area contributed by atoms with Crippen molar-refractivity contribution in [1.82, 2.24) is 4.31 Å². The van der Waals surface area contributed by atoms with Gasteiger partial charge < -0.3 is 10.2 Å². The van der Waals surface area contributed by atoms with Crippen LogP contribution in [0.3, 0.4) is 0 Å². The zero-order valence-corrected chi connectivity index (χ0v) is 8.13. The molecule has 1 aliphatic carbocycles. The summed E-state index contributed by atoms with van der Waals surface area (Å²) in [7, 11) is 0. The number of nitrogens with zero attached hydrogens (tertiary/aromatic N) is 1. The summed E-state index contributed by atoms with van der Waals surface area (Å²) in [6.07, 6.45) is 8.49. The molecule has 3 nitrogen and oxygen atoms in total. The fraction of sp³-hybridized carbons (Fsp3) is 0.556. The van der Waals surface area contributed by atoms with Crippen molar-refractivity contribution in [2.75, 3.05) is 5.75 Å². The number of aliphatic hydroxyl groups is 2. The summed E-state index contributed by atoms with van der Waals surface area (Å²) in [6, 6.07) is 0. The molecule has 0 spiro atoms.